The van der Waals surface area contributed by atoms with Crippen LogP contribution in [0.3, 0.4) is 0 Å². The van der Waals surface area contributed by atoms with Gasteiger partial charge in [0.1, 0.15) is 0 Å². The van der Waals surface area contributed by atoms with Gasteiger partial charge in [-0.1, -0.05) is 12.1 Å². The maximum absolute atomic E-state index is 12.6. The molecule has 2 aromatic carbocycles. The summed E-state index contributed by atoms with van der Waals surface area (Å²) in [5, 5.41) is 0. The van der Waals surface area contributed by atoms with Crippen molar-refractivity contribution in [1.29, 1.82) is 0 Å². The quantitative estimate of drug-likeness (QED) is 0.775. The van der Waals surface area contributed by atoms with Crippen LogP contribution >= 0.6 is 0 Å². The van der Waals surface area contributed by atoms with Crippen molar-refractivity contribution in [2.24, 2.45) is 0 Å². The van der Waals surface area contributed by atoms with Crippen LogP contribution < -0.4 is 14.2 Å². The Morgan fingerprint density at radius 2 is 1.72 bits per heavy atom. The van der Waals surface area contributed by atoms with Crippen LogP contribution in [-0.4, -0.2) is 31.6 Å². The van der Waals surface area contributed by atoms with Crippen LogP contribution in [-0.2, 0) is 10.0 Å². The van der Waals surface area contributed by atoms with Crippen molar-refractivity contribution in [3.8, 4) is 11.5 Å². The fourth-order valence-corrected chi connectivity index (χ4v) is 3.51. The maximum atomic E-state index is 12.6. The van der Waals surface area contributed by atoms with Gasteiger partial charge in [0.05, 0.1) is 35.3 Å². The van der Waals surface area contributed by atoms with E-state index >= 15 is 0 Å². The molecular formula is C17H15N3O4S. The average Bonchev–Trinajstić information content (AvgIpc) is 2.86. The number of para-hydroxylation sites is 2. The zero-order valence-electron chi connectivity index (χ0n) is 13.2. The van der Waals surface area contributed by atoms with Crippen molar-refractivity contribution < 1.29 is 17.9 Å². The molecule has 8 heteroatoms. The lowest BCUT2D eigenvalue weighted by atomic mass is 10.3. The molecule has 1 N–H and O–H groups in total. The normalized spacial score (nSPS) is 14.1. The van der Waals surface area contributed by atoms with Crippen LogP contribution in [0.5, 0.6) is 11.5 Å². The van der Waals surface area contributed by atoms with Gasteiger partial charge in [-0.25, -0.2) is 13.4 Å². The van der Waals surface area contributed by atoms with Crippen molar-refractivity contribution in [1.82, 2.24) is 9.97 Å². The second-order valence-corrected chi connectivity index (χ2v) is 7.19. The predicted molar refractivity (Wildman–Crippen MR) is 92.4 cm³/mol. The van der Waals surface area contributed by atoms with Crippen LogP contribution in [0.25, 0.3) is 11.0 Å². The predicted octanol–water partition coefficient (Wildman–Crippen LogP) is 2.59. The minimum absolute atomic E-state index is 0.0757. The Balaban J connectivity index is 1.65. The average molecular weight is 357 g/mol. The molecule has 25 heavy (non-hydrogen) atoms. The maximum Gasteiger partial charge on any atom is 0.263 e. The zero-order chi connectivity index (χ0) is 17.3. The molecule has 0 saturated carbocycles. The van der Waals surface area contributed by atoms with Crippen LogP contribution in [0.1, 0.15) is 6.42 Å². The first-order chi connectivity index (χ1) is 12.1. The first-order valence-corrected chi connectivity index (χ1v) is 9.24. The molecule has 1 aliphatic rings. The fraction of sp³-hybridized carbons (Fsp3) is 0.176. The second-order valence-electron chi connectivity index (χ2n) is 5.51. The molecule has 128 valence electrons. The molecule has 0 aliphatic carbocycles. The number of anilines is 1. The Labute approximate surface area is 144 Å². The van der Waals surface area contributed by atoms with Gasteiger partial charge in [-0.15, -0.1) is 0 Å². The van der Waals surface area contributed by atoms with Crippen molar-refractivity contribution in [2.75, 3.05) is 17.9 Å². The van der Waals surface area contributed by atoms with Gasteiger partial charge in [0, 0.05) is 12.5 Å². The molecule has 0 radical (unpaired) electrons. The Bertz CT molecular complexity index is 1040. The van der Waals surface area contributed by atoms with E-state index in [1.165, 1.54) is 18.3 Å². The van der Waals surface area contributed by atoms with E-state index in [1.54, 1.807) is 12.1 Å². The van der Waals surface area contributed by atoms with Gasteiger partial charge >= 0.3 is 0 Å². The first kappa shape index (κ1) is 15.6. The summed E-state index contributed by atoms with van der Waals surface area (Å²) in [6.45, 7) is 1.03. The van der Waals surface area contributed by atoms with E-state index in [0.717, 1.165) is 6.42 Å². The topological polar surface area (TPSA) is 90.4 Å². The van der Waals surface area contributed by atoms with Crippen molar-refractivity contribution in [2.45, 2.75) is 11.3 Å². The summed E-state index contributed by atoms with van der Waals surface area (Å²) in [5.41, 5.74) is 1.31. The van der Waals surface area contributed by atoms with Crippen LogP contribution in [0.4, 0.5) is 5.82 Å². The van der Waals surface area contributed by atoms with Crippen LogP contribution in [0.15, 0.2) is 53.6 Å². The number of nitrogens with zero attached hydrogens (tertiary/aromatic N) is 2. The molecule has 0 atom stereocenters. The smallest absolute Gasteiger partial charge is 0.263 e. The highest BCUT2D eigenvalue weighted by molar-refractivity contribution is 7.92. The molecule has 0 unspecified atom stereocenters. The minimum atomic E-state index is -3.82. The standard InChI is InChI=1S/C17H15N3O4S/c21-25(22,12-6-7-15-16(10-12)24-9-3-8-23-15)20-17-11-18-13-4-1-2-5-14(13)19-17/h1-2,4-7,10-11H,3,8-9H2,(H,19,20). The summed E-state index contributed by atoms with van der Waals surface area (Å²) in [6, 6.07) is 11.8. The number of hydrogen-bond donors (Lipinski definition) is 1. The number of sulfonamides is 1. The largest absolute Gasteiger partial charge is 0.490 e. The third-order valence-electron chi connectivity index (χ3n) is 3.72. The van der Waals surface area contributed by atoms with Crippen molar-refractivity contribution in [3.63, 3.8) is 0 Å². The third-order valence-corrected chi connectivity index (χ3v) is 5.07. The fourth-order valence-electron chi connectivity index (χ4n) is 2.51. The molecule has 0 bridgehead atoms. The SMILES string of the molecule is O=S(=O)(Nc1cnc2ccccc2n1)c1ccc2c(c1)OCCCO2. The number of rotatable bonds is 3. The summed E-state index contributed by atoms with van der Waals surface area (Å²) in [6.07, 6.45) is 2.14. The Hall–Kier alpha value is -2.87. The van der Waals surface area contributed by atoms with Gasteiger partial charge in [-0.2, -0.15) is 0 Å². The van der Waals surface area contributed by atoms with E-state index in [2.05, 4.69) is 14.7 Å². The summed E-state index contributed by atoms with van der Waals surface area (Å²) >= 11 is 0. The first-order valence-electron chi connectivity index (χ1n) is 7.76. The number of fused-ring (bicyclic) bond motifs is 2. The molecule has 7 nitrogen and oxygen atoms in total. The number of nitrogens with one attached hydrogen (secondary N) is 1. The highest BCUT2D eigenvalue weighted by Gasteiger charge is 2.19. The lowest BCUT2D eigenvalue weighted by Crippen LogP contribution is -2.14. The highest BCUT2D eigenvalue weighted by Crippen LogP contribution is 2.32. The Morgan fingerprint density at radius 3 is 2.56 bits per heavy atom. The lowest BCUT2D eigenvalue weighted by Gasteiger charge is -2.11. The second kappa shape index (κ2) is 6.21. The lowest BCUT2D eigenvalue weighted by molar-refractivity contribution is 0.297. The van der Waals surface area contributed by atoms with E-state index in [4.69, 9.17) is 9.47 Å². The van der Waals surface area contributed by atoms with E-state index in [-0.39, 0.29) is 10.7 Å². The molecular weight excluding hydrogens is 342 g/mol. The van der Waals surface area contributed by atoms with Gasteiger partial charge in [0.25, 0.3) is 10.0 Å². The molecule has 1 aromatic heterocycles. The molecule has 0 fully saturated rings. The molecule has 0 spiro atoms. The molecule has 0 amide bonds. The summed E-state index contributed by atoms with van der Waals surface area (Å²) in [7, 11) is -3.82. The Kier molecular flexibility index (Phi) is 3.89. The van der Waals surface area contributed by atoms with Gasteiger partial charge < -0.3 is 9.47 Å². The summed E-state index contributed by atoms with van der Waals surface area (Å²) in [4.78, 5) is 8.56. The molecule has 4 rings (SSSR count). The highest BCUT2D eigenvalue weighted by atomic mass is 32.2. The zero-order valence-corrected chi connectivity index (χ0v) is 14.0. The summed E-state index contributed by atoms with van der Waals surface area (Å²) < 4.78 is 38.8. The molecule has 2 heterocycles. The van der Waals surface area contributed by atoms with E-state index in [0.29, 0.717) is 35.7 Å². The Morgan fingerprint density at radius 1 is 0.960 bits per heavy atom. The van der Waals surface area contributed by atoms with E-state index in [9.17, 15) is 8.42 Å². The summed E-state index contributed by atoms with van der Waals surface area (Å²) in [5.74, 6) is 1.12. The number of aromatic nitrogens is 2. The molecule has 3 aromatic rings. The van der Waals surface area contributed by atoms with Crippen LogP contribution in [0, 0.1) is 0 Å². The molecule has 1 aliphatic heterocycles. The van der Waals surface area contributed by atoms with Crippen molar-refractivity contribution >= 4 is 26.9 Å². The van der Waals surface area contributed by atoms with E-state index in [1.807, 2.05) is 18.2 Å². The van der Waals surface area contributed by atoms with Gasteiger partial charge in [-0.05, 0) is 24.3 Å². The third kappa shape index (κ3) is 3.20. The number of benzene rings is 2. The van der Waals surface area contributed by atoms with Crippen molar-refractivity contribution in [3.05, 3.63) is 48.7 Å². The van der Waals surface area contributed by atoms with E-state index < -0.39 is 10.0 Å². The monoisotopic (exact) mass is 357 g/mol. The van der Waals surface area contributed by atoms with Crippen LogP contribution in [0.2, 0.25) is 0 Å². The molecule has 0 saturated heterocycles. The number of ether oxygens (including phenoxy) is 2. The minimum Gasteiger partial charge on any atom is -0.490 e. The number of hydrogen-bond acceptors (Lipinski definition) is 6. The van der Waals surface area contributed by atoms with Gasteiger partial charge in [-0.3, -0.25) is 9.71 Å². The van der Waals surface area contributed by atoms with Gasteiger partial charge in [0.2, 0.25) is 0 Å². The van der Waals surface area contributed by atoms with Gasteiger partial charge in [0.15, 0.2) is 17.3 Å².